The lowest BCUT2D eigenvalue weighted by Gasteiger charge is -2.43. The minimum absolute atomic E-state index is 0.339. The van der Waals surface area contributed by atoms with E-state index in [1.807, 2.05) is 18.2 Å². The van der Waals surface area contributed by atoms with E-state index in [1.165, 1.54) is 17.5 Å². The minimum Gasteiger partial charge on any atom is -0.479 e. The lowest BCUT2D eigenvalue weighted by Crippen LogP contribution is -2.57. The minimum atomic E-state index is -1.19. The van der Waals surface area contributed by atoms with Gasteiger partial charge >= 0.3 is 12.1 Å². The highest BCUT2D eigenvalue weighted by Crippen LogP contribution is 2.41. The molecule has 0 atom stereocenters. The molecule has 0 heterocycles. The fraction of sp³-hybridized carbons (Fsp3) is 0.579. The molecule has 1 aromatic rings. The highest BCUT2D eigenvalue weighted by Gasteiger charge is 2.48. The van der Waals surface area contributed by atoms with Crippen LogP contribution in [0.4, 0.5) is 4.79 Å². The zero-order valence-corrected chi connectivity index (χ0v) is 14.9. The van der Waals surface area contributed by atoms with Gasteiger partial charge in [-0.3, -0.25) is 4.90 Å². The number of hydrogen-bond donors (Lipinski definition) is 1. The van der Waals surface area contributed by atoms with Crippen LogP contribution in [0, 0.1) is 0 Å². The van der Waals surface area contributed by atoms with Crippen molar-refractivity contribution >= 4 is 12.1 Å². The van der Waals surface area contributed by atoms with Gasteiger partial charge in [-0.15, -0.1) is 0 Å². The maximum Gasteiger partial charge on any atom is 0.410 e. The average Bonchev–Trinajstić information content (AvgIpc) is 2.53. The highest BCUT2D eigenvalue weighted by molar-refractivity contribution is 5.84. The van der Waals surface area contributed by atoms with Gasteiger partial charge in [0.25, 0.3) is 0 Å². The molecule has 132 valence electrons. The lowest BCUT2D eigenvalue weighted by molar-refractivity contribution is -0.153. The fourth-order valence-corrected chi connectivity index (χ4v) is 3.35. The molecule has 5 nitrogen and oxygen atoms in total. The highest BCUT2D eigenvalue weighted by atomic mass is 16.6. The Bertz CT molecular complexity index is 583. The van der Waals surface area contributed by atoms with Crippen molar-refractivity contribution in [1.29, 1.82) is 0 Å². The Kier molecular flexibility index (Phi) is 5.21. The first-order chi connectivity index (χ1) is 11.2. The lowest BCUT2D eigenvalue weighted by atomic mass is 9.73. The van der Waals surface area contributed by atoms with Gasteiger partial charge in [-0.05, 0) is 57.9 Å². The molecule has 0 aromatic heterocycles. The smallest absolute Gasteiger partial charge is 0.410 e. The third kappa shape index (κ3) is 3.89. The monoisotopic (exact) mass is 333 g/mol. The van der Waals surface area contributed by atoms with E-state index in [4.69, 9.17) is 4.74 Å². The maximum atomic E-state index is 12.4. The van der Waals surface area contributed by atoms with Crippen LogP contribution in [0.5, 0.6) is 0 Å². The van der Waals surface area contributed by atoms with E-state index in [1.54, 1.807) is 20.8 Å². The maximum absolute atomic E-state index is 12.4. The van der Waals surface area contributed by atoms with E-state index in [0.29, 0.717) is 18.8 Å². The molecule has 0 unspecified atom stereocenters. The van der Waals surface area contributed by atoms with Gasteiger partial charge in [0.05, 0.1) is 0 Å². The zero-order valence-electron chi connectivity index (χ0n) is 14.9. The second-order valence-corrected chi connectivity index (χ2v) is 7.56. The molecule has 1 saturated carbocycles. The van der Waals surface area contributed by atoms with Crippen molar-refractivity contribution < 1.29 is 19.4 Å². The molecule has 1 N–H and O–H groups in total. The largest absolute Gasteiger partial charge is 0.479 e. The number of carbonyl (C=O) groups excluding carboxylic acids is 1. The number of nitrogens with zero attached hydrogens (tertiary/aromatic N) is 1. The molecule has 0 radical (unpaired) electrons. The number of carboxylic acids is 1. The molecule has 5 heteroatoms. The van der Waals surface area contributed by atoms with Crippen molar-refractivity contribution in [2.75, 3.05) is 7.05 Å². The van der Waals surface area contributed by atoms with Crippen LogP contribution in [0.1, 0.15) is 57.9 Å². The van der Waals surface area contributed by atoms with Crippen molar-refractivity contribution in [2.24, 2.45) is 0 Å². The molecule has 0 bridgehead atoms. The molecule has 1 aliphatic carbocycles. The Morgan fingerprint density at radius 3 is 2.17 bits per heavy atom. The summed E-state index contributed by atoms with van der Waals surface area (Å²) in [6.45, 7) is 5.33. The summed E-state index contributed by atoms with van der Waals surface area (Å²) in [7, 11) is 1.53. The van der Waals surface area contributed by atoms with Gasteiger partial charge in [-0.2, -0.15) is 0 Å². The topological polar surface area (TPSA) is 66.8 Å². The summed E-state index contributed by atoms with van der Waals surface area (Å²) in [6, 6.07) is 10.1. The standard InChI is InChI=1S/C19H27NO4/c1-18(2,3)24-17(23)20(4)19(16(21)22)12-10-15(11-13-19)14-8-6-5-7-9-14/h5-9,15H,10-13H2,1-4H3,(H,21,22). The van der Waals surface area contributed by atoms with Crippen LogP contribution in [0.2, 0.25) is 0 Å². The summed E-state index contributed by atoms with van der Waals surface area (Å²) in [4.78, 5) is 25.6. The Balaban J connectivity index is 2.13. The van der Waals surface area contributed by atoms with E-state index in [0.717, 1.165) is 12.8 Å². The molecular weight excluding hydrogens is 306 g/mol. The van der Waals surface area contributed by atoms with Crippen LogP contribution in [0.15, 0.2) is 30.3 Å². The average molecular weight is 333 g/mol. The third-order valence-corrected chi connectivity index (χ3v) is 4.79. The van der Waals surface area contributed by atoms with E-state index < -0.39 is 23.2 Å². The Labute approximate surface area is 143 Å². The SMILES string of the molecule is CN(C(=O)OC(C)(C)C)C1(C(=O)O)CCC(c2ccccc2)CC1. The Morgan fingerprint density at radius 2 is 1.71 bits per heavy atom. The molecule has 0 aliphatic heterocycles. The van der Waals surface area contributed by atoms with Gasteiger partial charge in [0, 0.05) is 7.05 Å². The number of carbonyl (C=O) groups is 2. The number of hydrogen-bond acceptors (Lipinski definition) is 3. The number of benzene rings is 1. The van der Waals surface area contributed by atoms with Gasteiger partial charge in [0.1, 0.15) is 11.1 Å². The van der Waals surface area contributed by atoms with Crippen molar-refractivity contribution in [3.8, 4) is 0 Å². The molecule has 1 aliphatic rings. The van der Waals surface area contributed by atoms with E-state index in [2.05, 4.69) is 12.1 Å². The summed E-state index contributed by atoms with van der Waals surface area (Å²) < 4.78 is 5.36. The van der Waals surface area contributed by atoms with Crippen molar-refractivity contribution in [1.82, 2.24) is 4.90 Å². The quantitative estimate of drug-likeness (QED) is 0.906. The molecular formula is C19H27NO4. The third-order valence-electron chi connectivity index (χ3n) is 4.79. The van der Waals surface area contributed by atoms with Crippen LogP contribution in [-0.4, -0.2) is 40.3 Å². The van der Waals surface area contributed by atoms with Crippen LogP contribution in [-0.2, 0) is 9.53 Å². The Morgan fingerprint density at radius 1 is 1.17 bits per heavy atom. The number of ether oxygens (including phenoxy) is 1. The van der Waals surface area contributed by atoms with E-state index in [9.17, 15) is 14.7 Å². The number of amides is 1. The van der Waals surface area contributed by atoms with Gasteiger partial charge in [-0.25, -0.2) is 9.59 Å². The first-order valence-corrected chi connectivity index (χ1v) is 8.41. The van der Waals surface area contributed by atoms with Crippen LogP contribution in [0.3, 0.4) is 0 Å². The van der Waals surface area contributed by atoms with Gasteiger partial charge in [0.2, 0.25) is 0 Å². The van der Waals surface area contributed by atoms with Gasteiger partial charge < -0.3 is 9.84 Å². The van der Waals surface area contributed by atoms with Gasteiger partial charge in [0.15, 0.2) is 0 Å². The molecule has 2 rings (SSSR count). The van der Waals surface area contributed by atoms with E-state index >= 15 is 0 Å². The molecule has 0 spiro atoms. The van der Waals surface area contributed by atoms with E-state index in [-0.39, 0.29) is 0 Å². The molecule has 0 saturated heterocycles. The second kappa shape index (κ2) is 6.83. The summed E-state index contributed by atoms with van der Waals surface area (Å²) in [5.41, 5.74) is -0.601. The molecule has 24 heavy (non-hydrogen) atoms. The Hall–Kier alpha value is -2.04. The number of aliphatic carboxylic acids is 1. The predicted octanol–water partition coefficient (Wildman–Crippen LogP) is 4.03. The zero-order chi connectivity index (χ0) is 18.0. The first kappa shape index (κ1) is 18.3. The number of carboxylic acid groups (broad SMARTS) is 1. The summed E-state index contributed by atoms with van der Waals surface area (Å²) >= 11 is 0. The van der Waals surface area contributed by atoms with Crippen LogP contribution < -0.4 is 0 Å². The van der Waals surface area contributed by atoms with Crippen molar-refractivity contribution in [3.63, 3.8) is 0 Å². The molecule has 1 aromatic carbocycles. The summed E-state index contributed by atoms with van der Waals surface area (Å²) in [6.07, 6.45) is 1.75. The van der Waals surface area contributed by atoms with Crippen LogP contribution >= 0.6 is 0 Å². The summed E-state index contributed by atoms with van der Waals surface area (Å²) in [5.74, 6) is -0.618. The van der Waals surface area contributed by atoms with Gasteiger partial charge in [-0.1, -0.05) is 30.3 Å². The molecule has 1 fully saturated rings. The van der Waals surface area contributed by atoms with Crippen molar-refractivity contribution in [3.05, 3.63) is 35.9 Å². The second-order valence-electron chi connectivity index (χ2n) is 7.56. The molecule has 1 amide bonds. The first-order valence-electron chi connectivity index (χ1n) is 8.41. The predicted molar refractivity (Wildman–Crippen MR) is 92.0 cm³/mol. The normalized spacial score (nSPS) is 24.2. The number of likely N-dealkylation sites (N-methyl/N-ethyl adjacent to an activating group) is 1. The number of rotatable bonds is 3. The summed E-state index contributed by atoms with van der Waals surface area (Å²) in [5, 5.41) is 9.81. The fourth-order valence-electron chi connectivity index (χ4n) is 3.35. The van der Waals surface area contributed by atoms with Crippen molar-refractivity contribution in [2.45, 2.75) is 63.5 Å². The van der Waals surface area contributed by atoms with Crippen LogP contribution in [0.25, 0.3) is 0 Å².